The van der Waals surface area contributed by atoms with Crippen LogP contribution in [0.1, 0.15) is 11.1 Å². The van der Waals surface area contributed by atoms with Crippen molar-refractivity contribution < 1.29 is 9.53 Å². The zero-order chi connectivity index (χ0) is 11.8. The van der Waals surface area contributed by atoms with Gasteiger partial charge in [-0.1, -0.05) is 36.9 Å². The first-order valence-electron chi connectivity index (χ1n) is 5.23. The van der Waals surface area contributed by atoms with Crippen LogP contribution in [0.2, 0.25) is 0 Å². The zero-order valence-electron chi connectivity index (χ0n) is 9.53. The molecular weight excluding hydrogens is 202 g/mol. The summed E-state index contributed by atoms with van der Waals surface area (Å²) in [5.41, 5.74) is 2.02. The molecule has 1 rings (SSSR count). The molecule has 0 aliphatic heterocycles. The van der Waals surface area contributed by atoms with E-state index >= 15 is 0 Å². The standard InChI is InChI=1S/C13H17NO2/c1-3-11-5-4-6-12(9-11)10-13(15)14-7-8-16-2/h3-6,9H,1,7-8,10H2,2H3,(H,14,15). The smallest absolute Gasteiger partial charge is 0.224 e. The minimum atomic E-state index is 0.0123. The van der Waals surface area contributed by atoms with Gasteiger partial charge in [-0.15, -0.1) is 0 Å². The molecule has 0 aliphatic rings. The number of ether oxygens (including phenoxy) is 1. The Hall–Kier alpha value is -1.61. The summed E-state index contributed by atoms with van der Waals surface area (Å²) in [6.45, 7) is 4.79. The molecule has 1 N–H and O–H groups in total. The molecule has 0 fully saturated rings. The van der Waals surface area contributed by atoms with Crippen molar-refractivity contribution in [2.45, 2.75) is 6.42 Å². The summed E-state index contributed by atoms with van der Waals surface area (Å²) in [5.74, 6) is 0.0123. The van der Waals surface area contributed by atoms with E-state index in [1.807, 2.05) is 24.3 Å². The lowest BCUT2D eigenvalue weighted by Gasteiger charge is -2.05. The number of amides is 1. The fraction of sp³-hybridized carbons (Fsp3) is 0.308. The van der Waals surface area contributed by atoms with Gasteiger partial charge >= 0.3 is 0 Å². The van der Waals surface area contributed by atoms with E-state index in [1.165, 1.54) is 0 Å². The molecule has 1 aromatic carbocycles. The van der Waals surface area contributed by atoms with Crippen LogP contribution in [0.5, 0.6) is 0 Å². The van der Waals surface area contributed by atoms with Gasteiger partial charge in [-0.05, 0) is 11.1 Å². The van der Waals surface area contributed by atoms with Crippen LogP contribution in [-0.4, -0.2) is 26.2 Å². The van der Waals surface area contributed by atoms with Crippen LogP contribution in [0.4, 0.5) is 0 Å². The molecule has 0 atom stereocenters. The summed E-state index contributed by atoms with van der Waals surface area (Å²) in [4.78, 5) is 11.5. The maximum Gasteiger partial charge on any atom is 0.224 e. The zero-order valence-corrected chi connectivity index (χ0v) is 9.53. The Morgan fingerprint density at radius 1 is 1.56 bits per heavy atom. The van der Waals surface area contributed by atoms with Gasteiger partial charge in [0, 0.05) is 13.7 Å². The van der Waals surface area contributed by atoms with Gasteiger partial charge in [-0.25, -0.2) is 0 Å². The summed E-state index contributed by atoms with van der Waals surface area (Å²) in [6, 6.07) is 7.78. The van der Waals surface area contributed by atoms with Gasteiger partial charge in [0.1, 0.15) is 0 Å². The van der Waals surface area contributed by atoms with Crippen molar-refractivity contribution in [2.75, 3.05) is 20.3 Å². The van der Waals surface area contributed by atoms with Crippen molar-refractivity contribution >= 4 is 12.0 Å². The highest BCUT2D eigenvalue weighted by atomic mass is 16.5. The van der Waals surface area contributed by atoms with Crippen molar-refractivity contribution in [2.24, 2.45) is 0 Å². The van der Waals surface area contributed by atoms with E-state index < -0.39 is 0 Å². The van der Waals surface area contributed by atoms with E-state index in [0.717, 1.165) is 11.1 Å². The summed E-state index contributed by atoms with van der Waals surface area (Å²) in [6.07, 6.45) is 2.16. The minimum absolute atomic E-state index is 0.0123. The first-order valence-corrected chi connectivity index (χ1v) is 5.23. The summed E-state index contributed by atoms with van der Waals surface area (Å²) in [7, 11) is 1.61. The number of nitrogens with one attached hydrogen (secondary N) is 1. The molecule has 0 bridgehead atoms. The molecule has 0 heterocycles. The van der Waals surface area contributed by atoms with Gasteiger partial charge in [0.05, 0.1) is 13.0 Å². The number of methoxy groups -OCH3 is 1. The Labute approximate surface area is 96.1 Å². The highest BCUT2D eigenvalue weighted by Crippen LogP contribution is 2.06. The van der Waals surface area contributed by atoms with Crippen molar-refractivity contribution in [1.29, 1.82) is 0 Å². The van der Waals surface area contributed by atoms with Crippen LogP contribution >= 0.6 is 0 Å². The third-order valence-electron chi connectivity index (χ3n) is 2.18. The summed E-state index contributed by atoms with van der Waals surface area (Å²) >= 11 is 0. The van der Waals surface area contributed by atoms with E-state index in [9.17, 15) is 4.79 Å². The number of hydrogen-bond donors (Lipinski definition) is 1. The quantitative estimate of drug-likeness (QED) is 0.739. The van der Waals surface area contributed by atoms with Gasteiger partial charge in [0.15, 0.2) is 0 Å². The van der Waals surface area contributed by atoms with Crippen molar-refractivity contribution in [3.05, 3.63) is 42.0 Å². The lowest BCUT2D eigenvalue weighted by Crippen LogP contribution is -2.28. The number of hydrogen-bond acceptors (Lipinski definition) is 2. The Kier molecular flexibility index (Phi) is 5.29. The van der Waals surface area contributed by atoms with Crippen molar-refractivity contribution in [3.8, 4) is 0 Å². The molecular formula is C13H17NO2. The predicted molar refractivity (Wildman–Crippen MR) is 65.1 cm³/mol. The Morgan fingerprint density at radius 2 is 2.38 bits per heavy atom. The van der Waals surface area contributed by atoms with Gasteiger partial charge in [-0.3, -0.25) is 4.79 Å². The molecule has 3 nitrogen and oxygen atoms in total. The number of carbonyl (C=O) groups is 1. The average molecular weight is 219 g/mol. The van der Waals surface area contributed by atoms with Crippen LogP contribution in [0.3, 0.4) is 0 Å². The number of rotatable bonds is 6. The molecule has 3 heteroatoms. The Balaban J connectivity index is 2.46. The Bertz CT molecular complexity index is 361. The Morgan fingerprint density at radius 3 is 3.06 bits per heavy atom. The van der Waals surface area contributed by atoms with Crippen LogP contribution in [-0.2, 0) is 16.0 Å². The predicted octanol–water partition coefficient (Wildman–Crippen LogP) is 1.63. The van der Waals surface area contributed by atoms with Gasteiger partial charge in [0.25, 0.3) is 0 Å². The molecule has 0 radical (unpaired) electrons. The maximum atomic E-state index is 11.5. The third-order valence-corrected chi connectivity index (χ3v) is 2.18. The molecule has 0 saturated carbocycles. The third kappa shape index (κ3) is 4.28. The highest BCUT2D eigenvalue weighted by molar-refractivity contribution is 5.78. The highest BCUT2D eigenvalue weighted by Gasteiger charge is 2.02. The van der Waals surface area contributed by atoms with Crippen LogP contribution in [0, 0.1) is 0 Å². The second-order valence-corrected chi connectivity index (χ2v) is 3.47. The molecule has 0 aliphatic carbocycles. The van der Waals surface area contributed by atoms with Crippen molar-refractivity contribution in [3.63, 3.8) is 0 Å². The molecule has 0 spiro atoms. The lowest BCUT2D eigenvalue weighted by atomic mass is 10.1. The molecule has 0 aromatic heterocycles. The SMILES string of the molecule is C=Cc1cccc(CC(=O)NCCOC)c1. The molecule has 1 amide bonds. The van der Waals surface area contributed by atoms with Crippen molar-refractivity contribution in [1.82, 2.24) is 5.32 Å². The molecule has 0 unspecified atom stereocenters. The van der Waals surface area contributed by atoms with E-state index in [0.29, 0.717) is 19.6 Å². The van der Waals surface area contributed by atoms with Gasteiger partial charge in [-0.2, -0.15) is 0 Å². The fourth-order valence-electron chi connectivity index (χ4n) is 1.37. The number of benzene rings is 1. The van der Waals surface area contributed by atoms with Gasteiger partial charge < -0.3 is 10.1 Å². The van der Waals surface area contributed by atoms with E-state index in [-0.39, 0.29) is 5.91 Å². The van der Waals surface area contributed by atoms with E-state index in [1.54, 1.807) is 13.2 Å². The van der Waals surface area contributed by atoms with Crippen LogP contribution < -0.4 is 5.32 Å². The topological polar surface area (TPSA) is 38.3 Å². The second-order valence-electron chi connectivity index (χ2n) is 3.47. The monoisotopic (exact) mass is 219 g/mol. The van der Waals surface area contributed by atoms with Gasteiger partial charge in [0.2, 0.25) is 5.91 Å². The lowest BCUT2D eigenvalue weighted by molar-refractivity contribution is -0.120. The second kappa shape index (κ2) is 6.80. The summed E-state index contributed by atoms with van der Waals surface area (Å²) in [5, 5.41) is 2.78. The normalized spacial score (nSPS) is 9.81. The molecule has 1 aromatic rings. The van der Waals surface area contributed by atoms with E-state index in [4.69, 9.17) is 4.74 Å². The molecule has 86 valence electrons. The first-order chi connectivity index (χ1) is 7.76. The van der Waals surface area contributed by atoms with Crippen LogP contribution in [0.15, 0.2) is 30.8 Å². The largest absolute Gasteiger partial charge is 0.383 e. The number of carbonyl (C=O) groups excluding carboxylic acids is 1. The minimum Gasteiger partial charge on any atom is -0.383 e. The molecule has 16 heavy (non-hydrogen) atoms. The fourth-order valence-corrected chi connectivity index (χ4v) is 1.37. The maximum absolute atomic E-state index is 11.5. The first kappa shape index (κ1) is 12.5. The summed E-state index contributed by atoms with van der Waals surface area (Å²) < 4.78 is 4.85. The average Bonchev–Trinajstić information content (AvgIpc) is 2.29. The molecule has 0 saturated heterocycles. The van der Waals surface area contributed by atoms with E-state index in [2.05, 4.69) is 11.9 Å². The van der Waals surface area contributed by atoms with Crippen LogP contribution in [0.25, 0.3) is 6.08 Å².